The molecule has 0 spiro atoms. The summed E-state index contributed by atoms with van der Waals surface area (Å²) < 4.78 is 0. The highest BCUT2D eigenvalue weighted by Crippen LogP contribution is 2.20. The van der Waals surface area contributed by atoms with Crippen LogP contribution >= 0.6 is 0 Å². The van der Waals surface area contributed by atoms with Gasteiger partial charge in [0.05, 0.1) is 0 Å². The molecule has 0 radical (unpaired) electrons. The number of allylic oxidation sites excluding steroid dienone is 2. The SMILES string of the molecule is CC/C=C(/N)C(C)(C)C. The van der Waals surface area contributed by atoms with Gasteiger partial charge in [-0.1, -0.05) is 33.8 Å². The maximum Gasteiger partial charge on any atom is 0.00944 e. The number of rotatable bonds is 1. The van der Waals surface area contributed by atoms with Crippen molar-refractivity contribution in [3.8, 4) is 0 Å². The Hall–Kier alpha value is -0.460. The third-order valence-electron chi connectivity index (χ3n) is 1.29. The van der Waals surface area contributed by atoms with Crippen molar-refractivity contribution in [3.63, 3.8) is 0 Å². The van der Waals surface area contributed by atoms with Gasteiger partial charge in [-0.2, -0.15) is 0 Å². The van der Waals surface area contributed by atoms with Gasteiger partial charge in [-0.05, 0) is 6.42 Å². The molecule has 9 heavy (non-hydrogen) atoms. The van der Waals surface area contributed by atoms with Crippen LogP contribution in [0.1, 0.15) is 34.1 Å². The minimum Gasteiger partial charge on any atom is -0.402 e. The van der Waals surface area contributed by atoms with E-state index in [-0.39, 0.29) is 5.41 Å². The summed E-state index contributed by atoms with van der Waals surface area (Å²) in [6.07, 6.45) is 3.10. The summed E-state index contributed by atoms with van der Waals surface area (Å²) in [5, 5.41) is 0. The first-order valence-corrected chi connectivity index (χ1v) is 3.44. The lowest BCUT2D eigenvalue weighted by atomic mass is 9.92. The molecular formula is C8H17N. The number of hydrogen-bond acceptors (Lipinski definition) is 1. The van der Waals surface area contributed by atoms with Gasteiger partial charge in [0, 0.05) is 11.1 Å². The number of hydrogen-bond donors (Lipinski definition) is 1. The van der Waals surface area contributed by atoms with Crippen molar-refractivity contribution < 1.29 is 0 Å². The van der Waals surface area contributed by atoms with Crippen molar-refractivity contribution in [2.45, 2.75) is 34.1 Å². The quantitative estimate of drug-likeness (QED) is 0.574. The van der Waals surface area contributed by atoms with Gasteiger partial charge >= 0.3 is 0 Å². The summed E-state index contributed by atoms with van der Waals surface area (Å²) in [4.78, 5) is 0. The molecule has 0 bridgehead atoms. The van der Waals surface area contributed by atoms with Gasteiger partial charge in [0.15, 0.2) is 0 Å². The molecule has 0 aliphatic carbocycles. The standard InChI is InChI=1S/C8H17N/c1-5-6-7(9)8(2,3)4/h6H,5,9H2,1-4H3/b7-6+. The van der Waals surface area contributed by atoms with E-state index in [1.54, 1.807) is 0 Å². The van der Waals surface area contributed by atoms with Crippen LogP contribution in [0.4, 0.5) is 0 Å². The van der Waals surface area contributed by atoms with E-state index >= 15 is 0 Å². The number of nitrogens with two attached hydrogens (primary N) is 1. The Labute approximate surface area is 57.9 Å². The molecule has 0 heterocycles. The lowest BCUT2D eigenvalue weighted by Gasteiger charge is -2.18. The molecule has 0 aliphatic heterocycles. The van der Waals surface area contributed by atoms with Gasteiger partial charge < -0.3 is 5.73 Å². The fourth-order valence-electron chi connectivity index (χ4n) is 0.526. The van der Waals surface area contributed by atoms with Crippen molar-refractivity contribution in [1.29, 1.82) is 0 Å². The van der Waals surface area contributed by atoms with E-state index < -0.39 is 0 Å². The van der Waals surface area contributed by atoms with Crippen LogP contribution in [-0.4, -0.2) is 0 Å². The van der Waals surface area contributed by atoms with Crippen molar-refractivity contribution in [2.24, 2.45) is 11.1 Å². The molecule has 1 heteroatoms. The Morgan fingerprint density at radius 2 is 1.89 bits per heavy atom. The fraction of sp³-hybridized carbons (Fsp3) is 0.750. The molecule has 54 valence electrons. The zero-order valence-electron chi connectivity index (χ0n) is 6.86. The second kappa shape index (κ2) is 2.90. The summed E-state index contributed by atoms with van der Waals surface area (Å²) in [6, 6.07) is 0. The maximum atomic E-state index is 5.72. The van der Waals surface area contributed by atoms with Crippen molar-refractivity contribution in [3.05, 3.63) is 11.8 Å². The first kappa shape index (κ1) is 8.54. The van der Waals surface area contributed by atoms with E-state index in [1.807, 2.05) is 0 Å². The van der Waals surface area contributed by atoms with Crippen LogP contribution in [0, 0.1) is 5.41 Å². The summed E-state index contributed by atoms with van der Waals surface area (Å²) in [5.41, 5.74) is 6.86. The third kappa shape index (κ3) is 3.17. The van der Waals surface area contributed by atoms with Crippen LogP contribution in [0.5, 0.6) is 0 Å². The lowest BCUT2D eigenvalue weighted by molar-refractivity contribution is 0.495. The third-order valence-corrected chi connectivity index (χ3v) is 1.29. The first-order valence-electron chi connectivity index (χ1n) is 3.44. The normalized spacial score (nSPS) is 14.0. The Morgan fingerprint density at radius 1 is 1.44 bits per heavy atom. The van der Waals surface area contributed by atoms with Crippen LogP contribution in [0.25, 0.3) is 0 Å². The van der Waals surface area contributed by atoms with E-state index in [9.17, 15) is 0 Å². The maximum absolute atomic E-state index is 5.72. The second-order valence-corrected chi connectivity index (χ2v) is 3.32. The molecule has 1 nitrogen and oxygen atoms in total. The average Bonchev–Trinajstić information content (AvgIpc) is 1.64. The molecular weight excluding hydrogens is 110 g/mol. The van der Waals surface area contributed by atoms with Gasteiger partial charge in [-0.25, -0.2) is 0 Å². The molecule has 0 aliphatic rings. The lowest BCUT2D eigenvalue weighted by Crippen LogP contribution is -2.16. The zero-order chi connectivity index (χ0) is 7.49. The molecule has 0 aromatic carbocycles. The van der Waals surface area contributed by atoms with Gasteiger partial charge in [0.1, 0.15) is 0 Å². The van der Waals surface area contributed by atoms with E-state index in [1.165, 1.54) is 0 Å². The molecule has 0 aromatic heterocycles. The van der Waals surface area contributed by atoms with E-state index in [0.29, 0.717) is 0 Å². The molecule has 0 amide bonds. The Morgan fingerprint density at radius 3 is 2.00 bits per heavy atom. The monoisotopic (exact) mass is 127 g/mol. The van der Waals surface area contributed by atoms with Gasteiger partial charge in [-0.15, -0.1) is 0 Å². The van der Waals surface area contributed by atoms with Crippen LogP contribution in [0.15, 0.2) is 11.8 Å². The highest BCUT2D eigenvalue weighted by molar-refractivity contribution is 5.05. The topological polar surface area (TPSA) is 26.0 Å². The zero-order valence-corrected chi connectivity index (χ0v) is 6.86. The molecule has 0 saturated heterocycles. The van der Waals surface area contributed by atoms with E-state index in [2.05, 4.69) is 33.8 Å². The molecule has 0 rings (SSSR count). The van der Waals surface area contributed by atoms with Gasteiger partial charge in [0.25, 0.3) is 0 Å². The Balaban J connectivity index is 4.03. The van der Waals surface area contributed by atoms with E-state index in [0.717, 1.165) is 12.1 Å². The second-order valence-electron chi connectivity index (χ2n) is 3.32. The van der Waals surface area contributed by atoms with Gasteiger partial charge in [0.2, 0.25) is 0 Å². The van der Waals surface area contributed by atoms with E-state index in [4.69, 9.17) is 5.73 Å². The fourth-order valence-corrected chi connectivity index (χ4v) is 0.526. The van der Waals surface area contributed by atoms with Crippen molar-refractivity contribution >= 4 is 0 Å². The summed E-state index contributed by atoms with van der Waals surface area (Å²) in [5.74, 6) is 0. The average molecular weight is 127 g/mol. The minimum atomic E-state index is 0.149. The predicted octanol–water partition coefficient (Wildman–Crippen LogP) is 2.29. The predicted molar refractivity (Wildman–Crippen MR) is 42.0 cm³/mol. The summed E-state index contributed by atoms with van der Waals surface area (Å²) >= 11 is 0. The van der Waals surface area contributed by atoms with Crippen molar-refractivity contribution in [2.75, 3.05) is 0 Å². The van der Waals surface area contributed by atoms with Crippen LogP contribution in [0.3, 0.4) is 0 Å². The summed E-state index contributed by atoms with van der Waals surface area (Å²) in [7, 11) is 0. The molecule has 0 atom stereocenters. The van der Waals surface area contributed by atoms with Crippen LogP contribution in [-0.2, 0) is 0 Å². The molecule has 2 N–H and O–H groups in total. The largest absolute Gasteiger partial charge is 0.402 e. The Bertz CT molecular complexity index is 106. The van der Waals surface area contributed by atoms with Crippen molar-refractivity contribution in [1.82, 2.24) is 0 Å². The van der Waals surface area contributed by atoms with Crippen LogP contribution in [0.2, 0.25) is 0 Å². The van der Waals surface area contributed by atoms with Crippen LogP contribution < -0.4 is 5.73 Å². The molecule has 0 aromatic rings. The smallest absolute Gasteiger partial charge is 0.00944 e. The Kier molecular flexibility index (Phi) is 2.75. The molecule has 0 saturated carbocycles. The molecule has 0 fully saturated rings. The first-order chi connectivity index (χ1) is 3.98. The highest BCUT2D eigenvalue weighted by atomic mass is 14.6. The van der Waals surface area contributed by atoms with Gasteiger partial charge in [-0.3, -0.25) is 0 Å². The molecule has 0 unspecified atom stereocenters. The minimum absolute atomic E-state index is 0.149. The highest BCUT2D eigenvalue weighted by Gasteiger charge is 2.11. The summed E-state index contributed by atoms with van der Waals surface area (Å²) in [6.45, 7) is 8.45.